The number of hydrogen-bond acceptors (Lipinski definition) is 2. The maximum Gasteiger partial charge on any atom is 0.270 e. The van der Waals surface area contributed by atoms with Crippen molar-refractivity contribution >= 4 is 5.91 Å². The molecule has 0 aromatic carbocycles. The topological polar surface area (TPSA) is 37.3 Å². The van der Waals surface area contributed by atoms with Crippen LogP contribution < -0.4 is 5.32 Å². The second-order valence-electron chi connectivity index (χ2n) is 4.65. The zero-order valence-electron chi connectivity index (χ0n) is 10.6. The van der Waals surface area contributed by atoms with Gasteiger partial charge >= 0.3 is 0 Å². The van der Waals surface area contributed by atoms with Crippen molar-refractivity contribution in [1.29, 1.82) is 0 Å². The average molecular weight is 235 g/mol. The van der Waals surface area contributed by atoms with Crippen molar-refractivity contribution in [3.8, 4) is 0 Å². The molecule has 0 aliphatic carbocycles. The third kappa shape index (κ3) is 2.52. The lowest BCUT2D eigenvalue weighted by molar-refractivity contribution is 0.0682. The lowest BCUT2D eigenvalue weighted by Crippen LogP contribution is -2.42. The van der Waals surface area contributed by atoms with Crippen LogP contribution in [0.2, 0.25) is 0 Å². The minimum atomic E-state index is 0.160. The molecule has 4 heteroatoms. The monoisotopic (exact) mass is 235 g/mol. The Kier molecular flexibility index (Phi) is 3.84. The van der Waals surface area contributed by atoms with Gasteiger partial charge < -0.3 is 14.8 Å². The smallest absolute Gasteiger partial charge is 0.270 e. The fourth-order valence-electron chi connectivity index (χ4n) is 2.43. The molecule has 1 aliphatic heterocycles. The first-order valence-corrected chi connectivity index (χ1v) is 6.37. The maximum absolute atomic E-state index is 12.5. The van der Waals surface area contributed by atoms with Crippen LogP contribution in [0.3, 0.4) is 0 Å². The summed E-state index contributed by atoms with van der Waals surface area (Å²) < 4.78 is 1.90. The van der Waals surface area contributed by atoms with Gasteiger partial charge in [-0.3, -0.25) is 4.79 Å². The highest BCUT2D eigenvalue weighted by Gasteiger charge is 2.27. The highest BCUT2D eigenvalue weighted by atomic mass is 16.2. The van der Waals surface area contributed by atoms with Gasteiger partial charge in [-0.2, -0.15) is 0 Å². The molecular formula is C13H21N3O. The van der Waals surface area contributed by atoms with Crippen molar-refractivity contribution in [1.82, 2.24) is 14.8 Å². The minimum absolute atomic E-state index is 0.160. The summed E-state index contributed by atoms with van der Waals surface area (Å²) >= 11 is 0. The first kappa shape index (κ1) is 12.2. The van der Waals surface area contributed by atoms with Crippen LogP contribution in [-0.4, -0.2) is 41.1 Å². The number of rotatable bonds is 4. The van der Waals surface area contributed by atoms with Gasteiger partial charge in [0.1, 0.15) is 5.69 Å². The van der Waals surface area contributed by atoms with E-state index in [-0.39, 0.29) is 5.91 Å². The van der Waals surface area contributed by atoms with Gasteiger partial charge in [0.25, 0.3) is 5.91 Å². The van der Waals surface area contributed by atoms with E-state index in [2.05, 4.69) is 12.2 Å². The van der Waals surface area contributed by atoms with Crippen LogP contribution in [0.1, 0.15) is 30.3 Å². The SMILES string of the molecule is CCCN(C(=O)c1cccn1C)C1CCNC1. The predicted octanol–water partition coefficient (Wildman–Crippen LogP) is 1.24. The number of nitrogens with one attached hydrogen (secondary N) is 1. The fraction of sp³-hybridized carbons (Fsp3) is 0.615. The summed E-state index contributed by atoms with van der Waals surface area (Å²) in [6.45, 7) is 4.91. The van der Waals surface area contributed by atoms with Gasteiger partial charge in [0, 0.05) is 32.4 Å². The molecule has 2 heterocycles. The Hall–Kier alpha value is -1.29. The number of amides is 1. The van der Waals surface area contributed by atoms with Crippen LogP contribution in [0.5, 0.6) is 0 Å². The number of carbonyl (C=O) groups is 1. The van der Waals surface area contributed by atoms with Crippen molar-refractivity contribution < 1.29 is 4.79 Å². The van der Waals surface area contributed by atoms with E-state index in [1.807, 2.05) is 34.8 Å². The van der Waals surface area contributed by atoms with E-state index in [0.29, 0.717) is 6.04 Å². The van der Waals surface area contributed by atoms with Crippen LogP contribution in [0, 0.1) is 0 Å². The van der Waals surface area contributed by atoms with Crippen LogP contribution in [0.15, 0.2) is 18.3 Å². The van der Waals surface area contributed by atoms with E-state index in [0.717, 1.165) is 38.2 Å². The molecule has 1 fully saturated rings. The van der Waals surface area contributed by atoms with Gasteiger partial charge in [0.05, 0.1) is 0 Å². The zero-order chi connectivity index (χ0) is 12.3. The lowest BCUT2D eigenvalue weighted by atomic mass is 10.2. The fourth-order valence-corrected chi connectivity index (χ4v) is 2.43. The second-order valence-corrected chi connectivity index (χ2v) is 4.65. The standard InChI is InChI=1S/C13H21N3O/c1-3-8-16(11-6-7-14-10-11)13(17)12-5-4-9-15(12)2/h4-5,9,11,14H,3,6-8,10H2,1-2H3. The van der Waals surface area contributed by atoms with Gasteiger partial charge in [-0.05, 0) is 31.5 Å². The molecule has 1 aromatic heterocycles. The summed E-state index contributed by atoms with van der Waals surface area (Å²) in [5, 5.41) is 3.33. The summed E-state index contributed by atoms with van der Waals surface area (Å²) in [6.07, 6.45) is 3.99. The molecule has 1 N–H and O–H groups in total. The molecule has 94 valence electrons. The lowest BCUT2D eigenvalue weighted by Gasteiger charge is -2.28. The highest BCUT2D eigenvalue weighted by Crippen LogP contribution is 2.14. The van der Waals surface area contributed by atoms with E-state index in [1.54, 1.807) is 0 Å². The van der Waals surface area contributed by atoms with E-state index in [1.165, 1.54) is 0 Å². The van der Waals surface area contributed by atoms with E-state index in [9.17, 15) is 4.79 Å². The minimum Gasteiger partial charge on any atom is -0.347 e. The number of carbonyl (C=O) groups excluding carboxylic acids is 1. The Bertz CT molecular complexity index is 380. The van der Waals surface area contributed by atoms with Gasteiger partial charge in [0.2, 0.25) is 0 Å². The van der Waals surface area contributed by atoms with Gasteiger partial charge in [0.15, 0.2) is 0 Å². The molecule has 1 atom stereocenters. The molecule has 4 nitrogen and oxygen atoms in total. The van der Waals surface area contributed by atoms with Gasteiger partial charge in [-0.15, -0.1) is 0 Å². The van der Waals surface area contributed by atoms with Gasteiger partial charge in [-0.1, -0.05) is 6.92 Å². The molecule has 1 unspecified atom stereocenters. The number of nitrogens with zero attached hydrogens (tertiary/aromatic N) is 2. The Morgan fingerprint density at radius 2 is 2.47 bits per heavy atom. The molecule has 0 bridgehead atoms. The maximum atomic E-state index is 12.5. The van der Waals surface area contributed by atoms with Crippen LogP contribution in [-0.2, 0) is 7.05 Å². The molecule has 0 spiro atoms. The Labute approximate surface area is 103 Å². The van der Waals surface area contributed by atoms with Crippen LogP contribution in [0.4, 0.5) is 0 Å². The van der Waals surface area contributed by atoms with Crippen molar-refractivity contribution in [2.45, 2.75) is 25.8 Å². The van der Waals surface area contributed by atoms with E-state index < -0.39 is 0 Å². The second kappa shape index (κ2) is 5.36. The van der Waals surface area contributed by atoms with E-state index in [4.69, 9.17) is 0 Å². The van der Waals surface area contributed by atoms with Crippen molar-refractivity contribution in [3.63, 3.8) is 0 Å². The Morgan fingerprint density at radius 1 is 1.65 bits per heavy atom. The van der Waals surface area contributed by atoms with Crippen molar-refractivity contribution in [2.24, 2.45) is 7.05 Å². The summed E-state index contributed by atoms with van der Waals surface area (Å²) in [5.74, 6) is 0.160. The first-order chi connectivity index (χ1) is 8.24. The molecule has 1 saturated heterocycles. The van der Waals surface area contributed by atoms with Crippen LogP contribution in [0.25, 0.3) is 0 Å². The summed E-state index contributed by atoms with van der Waals surface area (Å²) in [7, 11) is 1.92. The molecule has 1 amide bonds. The molecule has 0 radical (unpaired) electrons. The number of hydrogen-bond donors (Lipinski definition) is 1. The largest absolute Gasteiger partial charge is 0.347 e. The zero-order valence-corrected chi connectivity index (χ0v) is 10.6. The highest BCUT2D eigenvalue weighted by molar-refractivity contribution is 5.93. The molecule has 1 aromatic rings. The van der Waals surface area contributed by atoms with E-state index >= 15 is 0 Å². The molecular weight excluding hydrogens is 214 g/mol. The third-order valence-corrected chi connectivity index (χ3v) is 3.36. The molecule has 2 rings (SSSR count). The number of aromatic nitrogens is 1. The quantitative estimate of drug-likeness (QED) is 0.852. The summed E-state index contributed by atoms with van der Waals surface area (Å²) in [4.78, 5) is 14.5. The van der Waals surface area contributed by atoms with Gasteiger partial charge in [-0.25, -0.2) is 0 Å². The Morgan fingerprint density at radius 3 is 3.00 bits per heavy atom. The molecule has 1 aliphatic rings. The van der Waals surface area contributed by atoms with Crippen molar-refractivity contribution in [2.75, 3.05) is 19.6 Å². The molecule has 17 heavy (non-hydrogen) atoms. The normalized spacial score (nSPS) is 19.5. The number of aryl methyl sites for hydroxylation is 1. The van der Waals surface area contributed by atoms with Crippen molar-refractivity contribution in [3.05, 3.63) is 24.0 Å². The van der Waals surface area contributed by atoms with Crippen LogP contribution >= 0.6 is 0 Å². The average Bonchev–Trinajstić information content (AvgIpc) is 2.95. The summed E-state index contributed by atoms with van der Waals surface area (Å²) in [5.41, 5.74) is 0.783. The molecule has 0 saturated carbocycles. The first-order valence-electron chi connectivity index (χ1n) is 6.37. The summed E-state index contributed by atoms with van der Waals surface area (Å²) in [6, 6.07) is 4.18. The predicted molar refractivity (Wildman–Crippen MR) is 68.0 cm³/mol. The Balaban J connectivity index is 2.15. The third-order valence-electron chi connectivity index (χ3n) is 3.36.